The number of carbonyl (C=O) groups is 1. The molecule has 0 fully saturated rings. The summed E-state index contributed by atoms with van der Waals surface area (Å²) in [5.74, 6) is 0.340. The molecule has 0 aliphatic carbocycles. The number of carbonyl (C=O) groups excluding carboxylic acids is 1. The van der Waals surface area contributed by atoms with Gasteiger partial charge in [0.1, 0.15) is 0 Å². The highest BCUT2D eigenvalue weighted by Crippen LogP contribution is 1.90. The molecule has 58 valence electrons. The minimum atomic E-state index is 0.0609. The largest absolute Gasteiger partial charge is 0.339 e. The van der Waals surface area contributed by atoms with Crippen LogP contribution in [0.2, 0.25) is 0 Å². The molecule has 0 aliphatic heterocycles. The molecule has 0 unspecified atom stereocenters. The van der Waals surface area contributed by atoms with Gasteiger partial charge < -0.3 is 4.90 Å². The standard InChI is InChI=1S/C7H13NOS/c1-3-5-8(4-2)7(9)6-10/h3,10H,1,4-6H2,2H3. The van der Waals surface area contributed by atoms with Gasteiger partial charge in [-0.2, -0.15) is 12.6 Å². The van der Waals surface area contributed by atoms with E-state index in [-0.39, 0.29) is 11.7 Å². The minimum absolute atomic E-state index is 0.0609. The number of nitrogens with zero attached hydrogens (tertiary/aromatic N) is 1. The summed E-state index contributed by atoms with van der Waals surface area (Å²) in [6, 6.07) is 0. The highest BCUT2D eigenvalue weighted by Gasteiger charge is 2.05. The summed E-state index contributed by atoms with van der Waals surface area (Å²) in [5, 5.41) is 0. The van der Waals surface area contributed by atoms with Crippen LogP contribution in [0.4, 0.5) is 0 Å². The molecular formula is C7H13NOS. The predicted octanol–water partition coefficient (Wildman–Crippen LogP) is 0.951. The average molecular weight is 159 g/mol. The summed E-state index contributed by atoms with van der Waals surface area (Å²) in [4.78, 5) is 12.6. The van der Waals surface area contributed by atoms with Gasteiger partial charge in [0.2, 0.25) is 5.91 Å². The summed E-state index contributed by atoms with van der Waals surface area (Å²) in [6.07, 6.45) is 1.71. The topological polar surface area (TPSA) is 20.3 Å². The number of amides is 1. The van der Waals surface area contributed by atoms with Crippen molar-refractivity contribution in [2.24, 2.45) is 0 Å². The zero-order valence-corrected chi connectivity index (χ0v) is 7.10. The molecule has 0 bridgehead atoms. The van der Waals surface area contributed by atoms with Crippen molar-refractivity contribution in [3.8, 4) is 0 Å². The van der Waals surface area contributed by atoms with Gasteiger partial charge in [-0.05, 0) is 6.92 Å². The Morgan fingerprint density at radius 3 is 2.70 bits per heavy atom. The first-order valence-electron chi connectivity index (χ1n) is 3.25. The molecule has 1 amide bonds. The molecule has 0 radical (unpaired) electrons. The lowest BCUT2D eigenvalue weighted by atomic mass is 10.4. The van der Waals surface area contributed by atoms with Crippen LogP contribution < -0.4 is 0 Å². The summed E-state index contributed by atoms with van der Waals surface area (Å²) in [7, 11) is 0. The summed E-state index contributed by atoms with van der Waals surface area (Å²) in [6.45, 7) is 6.83. The van der Waals surface area contributed by atoms with Crippen LogP contribution in [0.5, 0.6) is 0 Å². The van der Waals surface area contributed by atoms with Crippen LogP contribution in [-0.4, -0.2) is 29.6 Å². The third-order valence-electron chi connectivity index (χ3n) is 1.22. The molecule has 0 saturated heterocycles. The van der Waals surface area contributed by atoms with E-state index >= 15 is 0 Å². The Bertz CT molecular complexity index is 125. The monoisotopic (exact) mass is 159 g/mol. The fourth-order valence-corrected chi connectivity index (χ4v) is 0.863. The molecular weight excluding hydrogens is 146 g/mol. The summed E-state index contributed by atoms with van der Waals surface area (Å²) < 4.78 is 0. The van der Waals surface area contributed by atoms with Crippen molar-refractivity contribution in [2.75, 3.05) is 18.8 Å². The molecule has 0 N–H and O–H groups in total. The number of thiol groups is 1. The number of rotatable bonds is 4. The van der Waals surface area contributed by atoms with Gasteiger partial charge >= 0.3 is 0 Å². The van der Waals surface area contributed by atoms with Crippen LogP contribution in [0.25, 0.3) is 0 Å². The van der Waals surface area contributed by atoms with E-state index in [1.807, 2.05) is 6.92 Å². The van der Waals surface area contributed by atoms with E-state index in [4.69, 9.17) is 0 Å². The van der Waals surface area contributed by atoms with Crippen molar-refractivity contribution in [3.63, 3.8) is 0 Å². The van der Waals surface area contributed by atoms with Crippen LogP contribution in [-0.2, 0) is 4.79 Å². The van der Waals surface area contributed by atoms with E-state index < -0.39 is 0 Å². The van der Waals surface area contributed by atoms with E-state index in [0.29, 0.717) is 6.54 Å². The molecule has 0 spiro atoms. The van der Waals surface area contributed by atoms with E-state index in [0.717, 1.165) is 6.54 Å². The third kappa shape index (κ3) is 2.92. The van der Waals surface area contributed by atoms with Crippen molar-refractivity contribution in [1.29, 1.82) is 0 Å². The normalized spacial score (nSPS) is 9.00. The Morgan fingerprint density at radius 2 is 2.40 bits per heavy atom. The van der Waals surface area contributed by atoms with Crippen molar-refractivity contribution in [1.82, 2.24) is 4.90 Å². The molecule has 10 heavy (non-hydrogen) atoms. The Kier molecular flexibility index (Phi) is 5.12. The van der Waals surface area contributed by atoms with Gasteiger partial charge in [0.25, 0.3) is 0 Å². The van der Waals surface area contributed by atoms with Crippen molar-refractivity contribution in [2.45, 2.75) is 6.92 Å². The fourth-order valence-electron chi connectivity index (χ4n) is 0.663. The first-order chi connectivity index (χ1) is 4.76. The SMILES string of the molecule is C=CCN(CC)C(=O)CS. The lowest BCUT2D eigenvalue weighted by Crippen LogP contribution is -2.31. The van der Waals surface area contributed by atoms with E-state index in [1.165, 1.54) is 0 Å². The maximum atomic E-state index is 10.9. The second kappa shape index (κ2) is 5.35. The van der Waals surface area contributed by atoms with E-state index in [9.17, 15) is 4.79 Å². The molecule has 0 aromatic heterocycles. The van der Waals surface area contributed by atoms with Gasteiger partial charge in [-0.25, -0.2) is 0 Å². The van der Waals surface area contributed by atoms with Crippen LogP contribution >= 0.6 is 12.6 Å². The van der Waals surface area contributed by atoms with Crippen molar-refractivity contribution >= 4 is 18.5 Å². The first-order valence-corrected chi connectivity index (χ1v) is 3.89. The van der Waals surface area contributed by atoms with Gasteiger partial charge in [-0.15, -0.1) is 6.58 Å². The van der Waals surface area contributed by atoms with Crippen LogP contribution in [0.3, 0.4) is 0 Å². The van der Waals surface area contributed by atoms with Gasteiger partial charge in [-0.3, -0.25) is 4.79 Å². The van der Waals surface area contributed by atoms with Gasteiger partial charge in [0.15, 0.2) is 0 Å². The van der Waals surface area contributed by atoms with Crippen molar-refractivity contribution in [3.05, 3.63) is 12.7 Å². The van der Waals surface area contributed by atoms with Crippen LogP contribution in [0.1, 0.15) is 6.92 Å². The Balaban J connectivity index is 3.79. The lowest BCUT2D eigenvalue weighted by molar-refractivity contribution is -0.127. The van der Waals surface area contributed by atoms with Gasteiger partial charge in [0, 0.05) is 13.1 Å². The van der Waals surface area contributed by atoms with Gasteiger partial charge in [-0.1, -0.05) is 6.08 Å². The smallest absolute Gasteiger partial charge is 0.232 e. The van der Waals surface area contributed by atoms with Crippen molar-refractivity contribution < 1.29 is 4.79 Å². The molecule has 0 aliphatic rings. The zero-order valence-electron chi connectivity index (χ0n) is 6.21. The zero-order chi connectivity index (χ0) is 7.98. The molecule has 0 aromatic carbocycles. The minimum Gasteiger partial charge on any atom is -0.339 e. The molecule has 3 heteroatoms. The Morgan fingerprint density at radius 1 is 1.80 bits per heavy atom. The quantitative estimate of drug-likeness (QED) is 0.478. The van der Waals surface area contributed by atoms with Crippen LogP contribution in [0.15, 0.2) is 12.7 Å². The average Bonchev–Trinajstić information content (AvgIpc) is 1.99. The predicted molar refractivity (Wildman–Crippen MR) is 46.3 cm³/mol. The van der Waals surface area contributed by atoms with E-state index in [1.54, 1.807) is 11.0 Å². The highest BCUT2D eigenvalue weighted by atomic mass is 32.1. The van der Waals surface area contributed by atoms with Gasteiger partial charge in [0.05, 0.1) is 5.75 Å². The first kappa shape index (κ1) is 9.56. The molecule has 0 saturated carbocycles. The molecule has 0 atom stereocenters. The molecule has 0 aromatic rings. The lowest BCUT2D eigenvalue weighted by Gasteiger charge is -2.16. The third-order valence-corrected chi connectivity index (χ3v) is 1.49. The molecule has 2 nitrogen and oxygen atoms in total. The second-order valence-electron chi connectivity index (χ2n) is 1.88. The Hall–Kier alpha value is -0.440. The maximum Gasteiger partial charge on any atom is 0.232 e. The summed E-state index contributed by atoms with van der Waals surface area (Å²) in [5.41, 5.74) is 0. The maximum absolute atomic E-state index is 10.9. The Labute approximate surface area is 67.3 Å². The number of likely N-dealkylation sites (N-methyl/N-ethyl adjacent to an activating group) is 1. The summed E-state index contributed by atoms with van der Waals surface area (Å²) >= 11 is 3.88. The fraction of sp³-hybridized carbons (Fsp3) is 0.571. The number of hydrogen-bond acceptors (Lipinski definition) is 2. The molecule has 0 rings (SSSR count). The highest BCUT2D eigenvalue weighted by molar-refractivity contribution is 7.81. The second-order valence-corrected chi connectivity index (χ2v) is 2.20. The van der Waals surface area contributed by atoms with E-state index in [2.05, 4.69) is 19.2 Å². The van der Waals surface area contributed by atoms with Crippen LogP contribution in [0, 0.1) is 0 Å². The molecule has 0 heterocycles. The number of hydrogen-bond donors (Lipinski definition) is 1.